The number of piperazine rings is 1. The summed E-state index contributed by atoms with van der Waals surface area (Å²) in [7, 11) is 0. The third-order valence-electron chi connectivity index (χ3n) is 5.63. The molecule has 0 aromatic carbocycles. The molecule has 1 aliphatic heterocycles. The molecule has 0 radical (unpaired) electrons. The van der Waals surface area contributed by atoms with Crippen molar-refractivity contribution in [3.8, 4) is 5.95 Å². The van der Waals surface area contributed by atoms with Crippen LogP contribution >= 0.6 is 0 Å². The second kappa shape index (κ2) is 8.05. The quantitative estimate of drug-likeness (QED) is 0.631. The summed E-state index contributed by atoms with van der Waals surface area (Å²) in [6.45, 7) is 11.8. The second-order valence-electron chi connectivity index (χ2n) is 9.47. The first-order chi connectivity index (χ1) is 15.5. The number of aromatic amines is 1. The molecule has 4 heterocycles. The number of carbonyl (C=O) groups excluding carboxylic acids is 2. The lowest BCUT2D eigenvalue weighted by Gasteiger charge is -2.44. The van der Waals surface area contributed by atoms with Crippen molar-refractivity contribution in [2.45, 2.75) is 59.2 Å². The van der Waals surface area contributed by atoms with Crippen LogP contribution in [0.5, 0.6) is 0 Å². The largest absolute Gasteiger partial charge is 0.444 e. The highest BCUT2D eigenvalue weighted by Gasteiger charge is 2.37. The molecular weight excluding hydrogens is 426 g/mol. The van der Waals surface area contributed by atoms with Crippen molar-refractivity contribution in [2.75, 3.05) is 13.1 Å². The Morgan fingerprint density at radius 2 is 1.85 bits per heavy atom. The minimum absolute atomic E-state index is 0.188. The summed E-state index contributed by atoms with van der Waals surface area (Å²) >= 11 is 0. The van der Waals surface area contributed by atoms with Gasteiger partial charge in [-0.3, -0.25) is 14.6 Å². The van der Waals surface area contributed by atoms with Crippen LogP contribution in [0.2, 0.25) is 0 Å². The molecule has 1 aliphatic rings. The average Bonchev–Trinajstić information content (AvgIpc) is 3.32. The van der Waals surface area contributed by atoms with Gasteiger partial charge in [0.2, 0.25) is 5.95 Å². The summed E-state index contributed by atoms with van der Waals surface area (Å²) in [5, 5.41) is 8.69. The highest BCUT2D eigenvalue weighted by molar-refractivity contribution is 5.95. The Bertz CT molecular complexity index is 1250. The number of amides is 2. The lowest BCUT2D eigenvalue weighted by molar-refractivity contribution is -0.00490. The van der Waals surface area contributed by atoms with Crippen LogP contribution in [0.25, 0.3) is 11.5 Å². The van der Waals surface area contributed by atoms with E-state index in [-0.39, 0.29) is 35.6 Å². The van der Waals surface area contributed by atoms with Gasteiger partial charge in [-0.1, -0.05) is 0 Å². The Balaban J connectivity index is 1.57. The van der Waals surface area contributed by atoms with Crippen LogP contribution in [0.1, 0.15) is 50.7 Å². The second-order valence-corrected chi connectivity index (χ2v) is 9.47. The van der Waals surface area contributed by atoms with Gasteiger partial charge in [-0.25, -0.2) is 14.0 Å². The first-order valence-corrected chi connectivity index (χ1v) is 10.9. The minimum Gasteiger partial charge on any atom is -0.444 e. The average molecular weight is 456 g/mol. The zero-order valence-electron chi connectivity index (χ0n) is 19.7. The fourth-order valence-electron chi connectivity index (χ4n) is 4.20. The fourth-order valence-corrected chi connectivity index (χ4v) is 4.20. The van der Waals surface area contributed by atoms with Crippen molar-refractivity contribution in [3.63, 3.8) is 0 Å². The Kier molecular flexibility index (Phi) is 5.51. The van der Waals surface area contributed by atoms with Crippen LogP contribution in [0.15, 0.2) is 29.3 Å². The van der Waals surface area contributed by atoms with Gasteiger partial charge in [-0.15, -0.1) is 5.10 Å². The highest BCUT2D eigenvalue weighted by atomic mass is 16.6. The van der Waals surface area contributed by atoms with E-state index >= 15 is 0 Å². The highest BCUT2D eigenvalue weighted by Crippen LogP contribution is 2.23. The molecule has 0 aliphatic carbocycles. The van der Waals surface area contributed by atoms with Gasteiger partial charge < -0.3 is 14.5 Å². The van der Waals surface area contributed by atoms with E-state index in [1.807, 2.05) is 34.6 Å². The molecule has 0 unspecified atom stereocenters. The molecule has 11 heteroatoms. The normalized spacial score (nSPS) is 19.2. The van der Waals surface area contributed by atoms with Crippen LogP contribution in [0, 0.1) is 6.92 Å². The number of carbonyl (C=O) groups is 2. The van der Waals surface area contributed by atoms with Crippen LogP contribution in [-0.4, -0.2) is 77.0 Å². The number of hydrogen-bond acceptors (Lipinski definition) is 6. The molecule has 3 aromatic heterocycles. The first-order valence-electron chi connectivity index (χ1n) is 10.9. The summed E-state index contributed by atoms with van der Waals surface area (Å²) in [6.07, 6.45) is 2.77. The van der Waals surface area contributed by atoms with Crippen LogP contribution in [0.4, 0.5) is 4.79 Å². The van der Waals surface area contributed by atoms with E-state index in [2.05, 4.69) is 15.2 Å². The van der Waals surface area contributed by atoms with E-state index in [0.717, 1.165) is 0 Å². The van der Waals surface area contributed by atoms with Crippen molar-refractivity contribution < 1.29 is 14.3 Å². The van der Waals surface area contributed by atoms with Gasteiger partial charge >= 0.3 is 6.09 Å². The van der Waals surface area contributed by atoms with Crippen LogP contribution in [-0.2, 0) is 4.74 Å². The Morgan fingerprint density at radius 1 is 1.18 bits per heavy atom. The molecule has 2 amide bonds. The predicted molar refractivity (Wildman–Crippen MR) is 121 cm³/mol. The van der Waals surface area contributed by atoms with Crippen LogP contribution < -0.4 is 5.56 Å². The topological polar surface area (TPSA) is 118 Å². The lowest BCUT2D eigenvalue weighted by Crippen LogP contribution is -2.60. The van der Waals surface area contributed by atoms with Crippen molar-refractivity contribution in [1.82, 2.24) is 34.2 Å². The summed E-state index contributed by atoms with van der Waals surface area (Å²) in [5.74, 6) is 0.0306. The van der Waals surface area contributed by atoms with Gasteiger partial charge in [0.05, 0.1) is 17.5 Å². The molecular formula is C22H29N7O4. The number of H-pyrrole nitrogens is 1. The smallest absolute Gasteiger partial charge is 0.410 e. The lowest BCUT2D eigenvalue weighted by atomic mass is 10.1. The SMILES string of the molecule is Cc1c(C(=O)N2[C@H](C)CN(C(=O)OC(C)(C)C)C[C@@H]2C)cnn1-c1nn2cccc2c(=O)[nH]1. The minimum atomic E-state index is -0.582. The molecule has 3 aromatic rings. The monoisotopic (exact) mass is 455 g/mol. The Labute approximate surface area is 190 Å². The Hall–Kier alpha value is -3.63. The standard InChI is InChI=1S/C22H29N7O4/c1-13-11-26(21(32)33-22(4,5)6)12-14(2)28(13)19(31)16-10-23-29(15(16)3)20-24-18(30)17-8-7-9-27(17)25-20/h7-10,13-14H,11-12H2,1-6H3,(H,24,25,30)/t13-,14+. The molecule has 0 bridgehead atoms. The van der Waals surface area contributed by atoms with Crippen molar-refractivity contribution >= 4 is 17.5 Å². The molecule has 176 valence electrons. The third-order valence-corrected chi connectivity index (χ3v) is 5.63. The number of rotatable bonds is 2. The first kappa shape index (κ1) is 22.6. The van der Waals surface area contributed by atoms with E-state index in [0.29, 0.717) is 29.9 Å². The molecule has 1 saturated heterocycles. The maximum absolute atomic E-state index is 13.5. The number of ether oxygens (including phenoxy) is 1. The van der Waals surface area contributed by atoms with Crippen molar-refractivity contribution in [1.29, 1.82) is 0 Å². The maximum atomic E-state index is 13.5. The number of aromatic nitrogens is 5. The molecule has 2 atom stereocenters. The van der Waals surface area contributed by atoms with Crippen molar-refractivity contribution in [3.05, 3.63) is 46.1 Å². The summed E-state index contributed by atoms with van der Waals surface area (Å²) < 4.78 is 8.41. The summed E-state index contributed by atoms with van der Waals surface area (Å²) in [4.78, 5) is 44.4. The Morgan fingerprint density at radius 3 is 2.48 bits per heavy atom. The van der Waals surface area contributed by atoms with E-state index in [9.17, 15) is 14.4 Å². The van der Waals surface area contributed by atoms with Gasteiger partial charge in [0.15, 0.2) is 0 Å². The van der Waals surface area contributed by atoms with Gasteiger partial charge in [0.25, 0.3) is 11.5 Å². The fraction of sp³-hybridized carbons (Fsp3) is 0.500. The molecule has 11 nitrogen and oxygen atoms in total. The molecule has 33 heavy (non-hydrogen) atoms. The zero-order valence-corrected chi connectivity index (χ0v) is 19.7. The van der Waals surface area contributed by atoms with E-state index in [1.54, 1.807) is 35.1 Å². The van der Waals surface area contributed by atoms with Crippen molar-refractivity contribution in [2.24, 2.45) is 0 Å². The molecule has 4 rings (SSSR count). The third kappa shape index (κ3) is 4.22. The summed E-state index contributed by atoms with van der Waals surface area (Å²) in [6, 6.07) is 2.96. The van der Waals surface area contributed by atoms with Gasteiger partial charge in [-0.2, -0.15) is 5.10 Å². The number of nitrogens with zero attached hydrogens (tertiary/aromatic N) is 6. The van der Waals surface area contributed by atoms with Gasteiger partial charge in [-0.05, 0) is 53.7 Å². The van der Waals surface area contributed by atoms with Gasteiger partial charge in [0.1, 0.15) is 11.1 Å². The zero-order chi connectivity index (χ0) is 24.1. The molecule has 0 saturated carbocycles. The van der Waals surface area contributed by atoms with Gasteiger partial charge in [0, 0.05) is 31.4 Å². The maximum Gasteiger partial charge on any atom is 0.410 e. The number of fused-ring (bicyclic) bond motifs is 1. The van der Waals surface area contributed by atoms with Crippen LogP contribution in [0.3, 0.4) is 0 Å². The molecule has 0 spiro atoms. The van der Waals surface area contributed by atoms with E-state index in [4.69, 9.17) is 4.74 Å². The number of hydrogen-bond donors (Lipinski definition) is 1. The van der Waals surface area contributed by atoms with E-state index in [1.165, 1.54) is 15.4 Å². The molecule has 1 fully saturated rings. The number of nitrogens with one attached hydrogen (secondary N) is 1. The predicted octanol–water partition coefficient (Wildman–Crippen LogP) is 1.99. The molecule has 1 N–H and O–H groups in total. The summed E-state index contributed by atoms with van der Waals surface area (Å²) in [5.41, 5.74) is 0.512. The van der Waals surface area contributed by atoms with E-state index < -0.39 is 5.60 Å².